The van der Waals surface area contributed by atoms with Crippen LogP contribution in [-0.2, 0) is 6.18 Å². The summed E-state index contributed by atoms with van der Waals surface area (Å²) in [4.78, 5) is 8.56. The van der Waals surface area contributed by atoms with E-state index in [4.69, 9.17) is 4.74 Å². The van der Waals surface area contributed by atoms with Gasteiger partial charge in [0.05, 0.1) is 11.3 Å². The molecule has 4 rings (SSSR count). The largest absolute Gasteiger partial charge is 0.416 e. The van der Waals surface area contributed by atoms with Gasteiger partial charge in [-0.25, -0.2) is 14.7 Å². The quantitative estimate of drug-likeness (QED) is 0.389. The fourth-order valence-electron chi connectivity index (χ4n) is 3.13. The molecule has 0 fully saturated rings. The van der Waals surface area contributed by atoms with Crippen LogP contribution in [0.15, 0.2) is 108 Å². The lowest BCUT2D eigenvalue weighted by molar-refractivity contribution is -0.137. The van der Waals surface area contributed by atoms with E-state index in [1.54, 1.807) is 24.5 Å². The number of hydrogen-bond donors (Lipinski definition) is 1. The maximum absolute atomic E-state index is 13.3. The van der Waals surface area contributed by atoms with Gasteiger partial charge in [-0.05, 0) is 24.3 Å². The van der Waals surface area contributed by atoms with Crippen LogP contribution in [0.5, 0.6) is 0 Å². The van der Waals surface area contributed by atoms with Gasteiger partial charge in [0, 0.05) is 23.0 Å². The van der Waals surface area contributed by atoms with Crippen LogP contribution in [0, 0.1) is 0 Å². The zero-order valence-corrected chi connectivity index (χ0v) is 17.1. The molecule has 8 heteroatoms. The monoisotopic (exact) mass is 438 g/mol. The van der Waals surface area contributed by atoms with Crippen LogP contribution in [0.25, 0.3) is 0 Å². The number of rotatable bonds is 5. The normalized spacial score (nSPS) is 11.7. The third kappa shape index (κ3) is 4.67. The van der Waals surface area contributed by atoms with E-state index in [1.807, 2.05) is 60.7 Å². The summed E-state index contributed by atoms with van der Waals surface area (Å²) < 4.78 is 44.9. The number of nitrogens with zero attached hydrogens (tertiary/aromatic N) is 3. The fourth-order valence-corrected chi connectivity index (χ4v) is 6.05. The Hall–Kier alpha value is -3.44. The summed E-state index contributed by atoms with van der Waals surface area (Å²) >= 11 is 0. The summed E-state index contributed by atoms with van der Waals surface area (Å²) in [6, 6.07) is 25.7. The molecule has 0 spiro atoms. The second-order valence-electron chi connectivity index (χ2n) is 6.64. The van der Waals surface area contributed by atoms with Crippen molar-refractivity contribution in [3.63, 3.8) is 0 Å². The summed E-state index contributed by atoms with van der Waals surface area (Å²) in [7, 11) is -2.83. The van der Waals surface area contributed by atoms with Crippen molar-refractivity contribution in [3.8, 4) is 0 Å². The average Bonchev–Trinajstić information content (AvgIpc) is 2.80. The van der Waals surface area contributed by atoms with Gasteiger partial charge in [0.2, 0.25) is 5.95 Å². The minimum atomic E-state index is -4.46. The van der Waals surface area contributed by atoms with E-state index >= 15 is 0 Å². The molecular formula is C23H18F3N4P. The van der Waals surface area contributed by atoms with Crippen molar-refractivity contribution in [1.82, 2.24) is 9.97 Å². The predicted octanol–water partition coefficient (Wildman–Crippen LogP) is 6.01. The molecule has 0 saturated heterocycles. The summed E-state index contributed by atoms with van der Waals surface area (Å²) in [5, 5.41) is 5.05. The second kappa shape index (κ2) is 8.74. The molecule has 1 heterocycles. The number of hydrogen-bond acceptors (Lipinski definition) is 3. The van der Waals surface area contributed by atoms with Gasteiger partial charge < -0.3 is 5.09 Å². The molecule has 0 unspecified atom stereocenters. The number of benzene rings is 3. The fraction of sp³-hybridized carbons (Fsp3) is 0.0435. The number of nitrogens with one attached hydrogen (secondary N) is 1. The van der Waals surface area contributed by atoms with Gasteiger partial charge in [0.1, 0.15) is 7.21 Å². The van der Waals surface area contributed by atoms with Crippen molar-refractivity contribution >= 4 is 29.4 Å². The molecule has 4 aromatic rings. The summed E-state index contributed by atoms with van der Waals surface area (Å²) in [5.74, 6) is 0.347. The van der Waals surface area contributed by atoms with Crippen molar-refractivity contribution in [2.75, 3.05) is 5.09 Å². The van der Waals surface area contributed by atoms with Gasteiger partial charge in [-0.1, -0.05) is 66.7 Å². The van der Waals surface area contributed by atoms with Gasteiger partial charge >= 0.3 is 6.18 Å². The first-order valence-electron chi connectivity index (χ1n) is 9.43. The highest BCUT2D eigenvalue weighted by atomic mass is 31.2. The zero-order valence-electron chi connectivity index (χ0n) is 16.2. The molecule has 3 aromatic carbocycles. The van der Waals surface area contributed by atoms with Crippen LogP contribution < -0.4 is 15.7 Å². The van der Waals surface area contributed by atoms with Crippen LogP contribution in [0.1, 0.15) is 5.56 Å². The van der Waals surface area contributed by atoms with E-state index in [-0.39, 0.29) is 5.69 Å². The van der Waals surface area contributed by atoms with Gasteiger partial charge in [0.15, 0.2) is 0 Å². The standard InChI is InChI=1S/C23H18F3N4P/c24-23(25,26)18-9-7-10-19(17-18)29-31(20-11-3-1-4-12-20,21-13-5-2-6-14-21)30-22-27-15-8-16-28-22/h1-17H,(H,27,28,30). The van der Waals surface area contributed by atoms with Crippen LogP contribution >= 0.6 is 7.21 Å². The highest BCUT2D eigenvalue weighted by Crippen LogP contribution is 2.49. The van der Waals surface area contributed by atoms with Gasteiger partial charge in [-0.3, -0.25) is 0 Å². The molecule has 0 saturated carbocycles. The molecule has 0 bridgehead atoms. The van der Waals surface area contributed by atoms with Crippen LogP contribution in [0.4, 0.5) is 24.8 Å². The lowest BCUT2D eigenvalue weighted by atomic mass is 10.2. The van der Waals surface area contributed by atoms with E-state index in [0.717, 1.165) is 22.7 Å². The molecule has 1 N–H and O–H groups in total. The Bertz CT molecular complexity index is 1150. The first kappa shape index (κ1) is 20.8. The Labute approximate surface area is 177 Å². The lowest BCUT2D eigenvalue weighted by Crippen LogP contribution is -2.22. The molecule has 31 heavy (non-hydrogen) atoms. The summed E-state index contributed by atoms with van der Waals surface area (Å²) in [6.45, 7) is 0. The van der Waals surface area contributed by atoms with Gasteiger partial charge in [-0.2, -0.15) is 13.2 Å². The zero-order chi connectivity index (χ0) is 21.7. The molecular weight excluding hydrogens is 420 g/mol. The summed E-state index contributed by atoms with van der Waals surface area (Å²) in [5.41, 5.74) is -0.525. The molecule has 0 aliphatic heterocycles. The van der Waals surface area contributed by atoms with E-state index in [2.05, 4.69) is 15.1 Å². The Morgan fingerprint density at radius 3 is 1.84 bits per heavy atom. The molecule has 1 aromatic heterocycles. The van der Waals surface area contributed by atoms with Crippen molar-refractivity contribution < 1.29 is 13.2 Å². The molecule has 0 aliphatic rings. The Balaban J connectivity index is 2.01. The number of halogens is 3. The highest BCUT2D eigenvalue weighted by Gasteiger charge is 2.31. The van der Waals surface area contributed by atoms with Crippen molar-refractivity contribution in [3.05, 3.63) is 109 Å². The van der Waals surface area contributed by atoms with Crippen LogP contribution in [0.3, 0.4) is 0 Å². The number of alkyl halides is 3. The Kier molecular flexibility index (Phi) is 5.87. The van der Waals surface area contributed by atoms with Crippen molar-refractivity contribution in [2.24, 2.45) is 4.74 Å². The van der Waals surface area contributed by atoms with E-state index in [0.29, 0.717) is 5.95 Å². The maximum Gasteiger partial charge on any atom is 0.416 e. The lowest BCUT2D eigenvalue weighted by Gasteiger charge is -2.27. The summed E-state index contributed by atoms with van der Waals surface area (Å²) in [6.07, 6.45) is -1.25. The molecule has 0 aliphatic carbocycles. The van der Waals surface area contributed by atoms with Crippen molar-refractivity contribution in [2.45, 2.75) is 6.18 Å². The van der Waals surface area contributed by atoms with Gasteiger partial charge in [0.25, 0.3) is 0 Å². The molecule has 0 atom stereocenters. The van der Waals surface area contributed by atoms with E-state index < -0.39 is 18.9 Å². The smallest absolute Gasteiger partial charge is 0.314 e. The maximum atomic E-state index is 13.3. The third-order valence-corrected chi connectivity index (χ3v) is 7.67. The van der Waals surface area contributed by atoms with Crippen LogP contribution in [0.2, 0.25) is 0 Å². The number of anilines is 1. The van der Waals surface area contributed by atoms with E-state index in [9.17, 15) is 13.2 Å². The van der Waals surface area contributed by atoms with Crippen molar-refractivity contribution in [1.29, 1.82) is 0 Å². The average molecular weight is 438 g/mol. The first-order chi connectivity index (χ1) is 15.0. The molecule has 156 valence electrons. The SMILES string of the molecule is FC(F)(F)c1cccc(N=P(Nc2ncccn2)(c2ccccc2)c2ccccc2)c1. The Morgan fingerprint density at radius 1 is 0.710 bits per heavy atom. The Morgan fingerprint density at radius 2 is 1.29 bits per heavy atom. The first-order valence-corrected chi connectivity index (χ1v) is 11.2. The molecule has 0 radical (unpaired) electrons. The predicted molar refractivity (Wildman–Crippen MR) is 118 cm³/mol. The highest BCUT2D eigenvalue weighted by molar-refractivity contribution is 7.82. The van der Waals surface area contributed by atoms with Gasteiger partial charge in [-0.15, -0.1) is 0 Å². The second-order valence-corrected chi connectivity index (χ2v) is 9.37. The number of aromatic nitrogens is 2. The molecule has 0 amide bonds. The van der Waals surface area contributed by atoms with Crippen LogP contribution in [-0.4, -0.2) is 9.97 Å². The third-order valence-electron chi connectivity index (χ3n) is 4.53. The minimum Gasteiger partial charge on any atom is -0.314 e. The molecule has 4 nitrogen and oxygen atoms in total. The van der Waals surface area contributed by atoms with E-state index in [1.165, 1.54) is 6.07 Å². The topological polar surface area (TPSA) is 50.2 Å². The minimum absolute atomic E-state index is 0.222.